The molecule has 1 saturated carbocycles. The fraction of sp³-hybridized carbons (Fsp3) is 1.00. The maximum atomic E-state index is 10.6. The van der Waals surface area contributed by atoms with Crippen molar-refractivity contribution in [2.24, 2.45) is 5.92 Å². The number of aliphatic hydroxyl groups excluding tert-OH is 1. The number of phosphoric acid groups is 1. The Morgan fingerprint density at radius 2 is 2.06 bits per heavy atom. The molecular weight excluding hydrogens is 246 g/mol. The average molecular weight is 264 g/mol. The van der Waals surface area contributed by atoms with E-state index in [0.717, 1.165) is 0 Å². The fourth-order valence-electron chi connectivity index (χ4n) is 2.02. The van der Waals surface area contributed by atoms with Crippen LogP contribution >= 0.6 is 7.82 Å². The summed E-state index contributed by atoms with van der Waals surface area (Å²) in [6.45, 7) is 3.42. The largest absolute Gasteiger partial charge is 0.469 e. The smallest absolute Gasteiger partial charge is 0.393 e. The lowest BCUT2D eigenvalue weighted by molar-refractivity contribution is -0.0450. The number of phosphoric ester groups is 1. The van der Waals surface area contributed by atoms with Gasteiger partial charge >= 0.3 is 7.82 Å². The lowest BCUT2D eigenvalue weighted by atomic mass is 9.83. The quantitative estimate of drug-likeness (QED) is 0.485. The summed E-state index contributed by atoms with van der Waals surface area (Å²) in [6.07, 6.45) is -0.805. The first-order valence-electron chi connectivity index (χ1n) is 5.50. The van der Waals surface area contributed by atoms with Gasteiger partial charge in [0.25, 0.3) is 0 Å². The molecule has 0 heterocycles. The van der Waals surface area contributed by atoms with Crippen molar-refractivity contribution >= 4 is 15.7 Å². The van der Waals surface area contributed by atoms with Gasteiger partial charge in [0, 0.05) is 5.92 Å². The summed E-state index contributed by atoms with van der Waals surface area (Å²) in [7, 11) is 1.16. The second-order valence-electron chi connectivity index (χ2n) is 4.56. The van der Waals surface area contributed by atoms with Crippen molar-refractivity contribution in [3.05, 3.63) is 0 Å². The molecule has 6 nitrogen and oxygen atoms in total. The Labute approximate surface area is 102 Å². The Kier molecular flexibility index (Phi) is 5.19. The highest BCUT2D eigenvalue weighted by Gasteiger charge is 2.41. The summed E-state index contributed by atoms with van der Waals surface area (Å²) in [5, 5.41) is 9.80. The maximum absolute atomic E-state index is 10.6. The highest BCUT2D eigenvalue weighted by atomic mass is 31.2. The topological polar surface area (TPSA) is 96.2 Å². The molecule has 0 amide bonds. The van der Waals surface area contributed by atoms with Crippen molar-refractivity contribution in [1.29, 1.82) is 0 Å². The van der Waals surface area contributed by atoms with E-state index < -0.39 is 25.7 Å². The number of rotatable bonds is 5. The zero-order valence-corrected chi connectivity index (χ0v) is 10.8. The van der Waals surface area contributed by atoms with Crippen LogP contribution in [0.15, 0.2) is 0 Å². The Hall–Kier alpha value is 0.0949. The zero-order valence-electron chi connectivity index (χ0n) is 9.89. The summed E-state index contributed by atoms with van der Waals surface area (Å²) < 4.78 is 20.6. The summed E-state index contributed by atoms with van der Waals surface area (Å²) in [4.78, 5) is 17.3. The zero-order chi connectivity index (χ0) is 13.2. The Balaban J connectivity index is 2.60. The highest BCUT2D eigenvalue weighted by Crippen LogP contribution is 2.41. The van der Waals surface area contributed by atoms with Gasteiger partial charge in [-0.05, 0) is 26.1 Å². The van der Waals surface area contributed by atoms with Crippen LogP contribution in [-0.2, 0) is 13.8 Å². The molecule has 8 heteroatoms. The van der Waals surface area contributed by atoms with Crippen LogP contribution in [0.3, 0.4) is 0 Å². The van der Waals surface area contributed by atoms with Crippen molar-refractivity contribution in [3.8, 4) is 0 Å². The molecule has 0 aromatic carbocycles. The molecule has 1 rings (SSSR count). The van der Waals surface area contributed by atoms with Crippen molar-refractivity contribution < 1.29 is 28.7 Å². The van der Waals surface area contributed by atoms with E-state index in [9.17, 15) is 9.67 Å². The van der Waals surface area contributed by atoms with Crippen molar-refractivity contribution in [3.63, 3.8) is 0 Å². The van der Waals surface area contributed by atoms with Gasteiger partial charge in [-0.15, -0.1) is 0 Å². The first-order chi connectivity index (χ1) is 7.70. The first kappa shape index (κ1) is 15.2. The molecule has 4 atom stereocenters. The van der Waals surface area contributed by atoms with Crippen LogP contribution in [0, 0.1) is 5.92 Å². The summed E-state index contributed by atoms with van der Waals surface area (Å²) in [6, 6.07) is 0. The lowest BCUT2D eigenvalue weighted by Crippen LogP contribution is -2.31. The van der Waals surface area contributed by atoms with E-state index in [1.165, 1.54) is 0 Å². The van der Waals surface area contributed by atoms with Crippen LogP contribution in [-0.4, -0.2) is 47.7 Å². The van der Waals surface area contributed by atoms with Crippen molar-refractivity contribution in [2.45, 2.75) is 44.4 Å². The van der Waals surface area contributed by atoms with E-state index in [0.29, 0.717) is 6.42 Å². The minimum atomic E-state index is -4.53. The fourth-order valence-corrected chi connectivity index (χ4v) is 2.38. The molecule has 0 saturated heterocycles. The normalized spacial score (nSPS) is 34.5. The number of aliphatic hydroxyl groups is 1. The molecule has 98 valence electrons. The van der Waals surface area contributed by atoms with E-state index in [1.54, 1.807) is 0 Å². The van der Waals surface area contributed by atoms with Gasteiger partial charge in [-0.1, -0.05) is 0 Å². The molecule has 0 aliphatic heterocycles. The third-order valence-corrected chi connectivity index (χ3v) is 3.23. The van der Waals surface area contributed by atoms with E-state index in [-0.39, 0.29) is 18.8 Å². The van der Waals surface area contributed by atoms with E-state index in [1.807, 2.05) is 13.8 Å². The molecule has 3 N–H and O–H groups in total. The van der Waals surface area contributed by atoms with Gasteiger partial charge < -0.3 is 19.6 Å². The van der Waals surface area contributed by atoms with Gasteiger partial charge in [-0.25, -0.2) is 4.57 Å². The van der Waals surface area contributed by atoms with Gasteiger partial charge in [0.1, 0.15) is 0 Å². The predicted octanol–water partition coefficient (Wildman–Crippen LogP) is 0.227. The van der Waals surface area contributed by atoms with Crippen LogP contribution in [0.2, 0.25) is 5.82 Å². The second kappa shape index (κ2) is 5.82. The standard InChI is InChI=1S/C9H18BO6P/c1-5(2)16-8-3-7(10)9(11)6(8)4-15-17(12,13)14/h5-9,11H,3-4H2,1-2H3,(H2,12,13,14)/t6-,7+,8-,9?/m1/s1. The third kappa shape index (κ3) is 4.70. The monoisotopic (exact) mass is 264 g/mol. The number of ether oxygens (including phenoxy) is 1. The highest BCUT2D eigenvalue weighted by molar-refractivity contribution is 7.46. The average Bonchev–Trinajstić information content (AvgIpc) is 2.38. The molecule has 0 aromatic heterocycles. The Bertz CT molecular complexity index is 291. The SMILES string of the molecule is [B][C@H]1C[C@@H](OC(C)C)[C@@H](COP(=O)(O)O)C1O. The minimum Gasteiger partial charge on any atom is -0.393 e. The van der Waals surface area contributed by atoms with Crippen LogP contribution in [0.5, 0.6) is 0 Å². The number of hydrogen-bond acceptors (Lipinski definition) is 4. The van der Waals surface area contributed by atoms with Crippen LogP contribution in [0.1, 0.15) is 20.3 Å². The van der Waals surface area contributed by atoms with Gasteiger partial charge in [-0.3, -0.25) is 4.52 Å². The minimum absolute atomic E-state index is 0.0462. The van der Waals surface area contributed by atoms with Crippen LogP contribution < -0.4 is 0 Å². The van der Waals surface area contributed by atoms with Gasteiger partial charge in [0.15, 0.2) is 0 Å². The summed E-state index contributed by atoms with van der Waals surface area (Å²) in [5.41, 5.74) is 0. The first-order valence-corrected chi connectivity index (χ1v) is 7.03. The second-order valence-corrected chi connectivity index (χ2v) is 5.80. The molecule has 0 bridgehead atoms. The molecule has 0 spiro atoms. The maximum Gasteiger partial charge on any atom is 0.469 e. The third-order valence-electron chi connectivity index (χ3n) is 2.74. The van der Waals surface area contributed by atoms with E-state index >= 15 is 0 Å². The lowest BCUT2D eigenvalue weighted by Gasteiger charge is -2.24. The molecule has 1 aliphatic carbocycles. The molecule has 1 fully saturated rings. The Morgan fingerprint density at radius 1 is 1.47 bits per heavy atom. The summed E-state index contributed by atoms with van der Waals surface area (Å²) >= 11 is 0. The predicted molar refractivity (Wildman–Crippen MR) is 61.6 cm³/mol. The van der Waals surface area contributed by atoms with Gasteiger partial charge in [0.2, 0.25) is 0 Å². The number of hydrogen-bond donors (Lipinski definition) is 3. The molecular formula is C9H18BO6P. The van der Waals surface area contributed by atoms with Crippen molar-refractivity contribution in [2.75, 3.05) is 6.61 Å². The van der Waals surface area contributed by atoms with Crippen LogP contribution in [0.25, 0.3) is 0 Å². The summed E-state index contributed by atoms with van der Waals surface area (Å²) in [5.74, 6) is -0.968. The molecule has 0 aromatic rings. The molecule has 1 aliphatic rings. The van der Waals surface area contributed by atoms with Crippen molar-refractivity contribution in [1.82, 2.24) is 0 Å². The van der Waals surface area contributed by atoms with Gasteiger partial charge in [0.05, 0.1) is 32.8 Å². The van der Waals surface area contributed by atoms with Crippen LogP contribution in [0.4, 0.5) is 0 Å². The van der Waals surface area contributed by atoms with E-state index in [4.69, 9.17) is 22.4 Å². The molecule has 2 radical (unpaired) electrons. The Morgan fingerprint density at radius 3 is 2.53 bits per heavy atom. The van der Waals surface area contributed by atoms with E-state index in [2.05, 4.69) is 4.52 Å². The molecule has 17 heavy (non-hydrogen) atoms. The van der Waals surface area contributed by atoms with Gasteiger partial charge in [-0.2, -0.15) is 0 Å². The molecule has 1 unspecified atom stereocenters.